The molecule has 1 fully saturated rings. The van der Waals surface area contributed by atoms with E-state index in [9.17, 15) is 0 Å². The maximum absolute atomic E-state index is 8.49. The Hall–Kier alpha value is -4.04. The van der Waals surface area contributed by atoms with Gasteiger partial charge in [-0.25, -0.2) is 0 Å². The highest BCUT2D eigenvalue weighted by atomic mass is 32.1. The van der Waals surface area contributed by atoms with Gasteiger partial charge in [-0.1, -0.05) is 36.4 Å². The van der Waals surface area contributed by atoms with Gasteiger partial charge >= 0.3 is 0 Å². The number of azo groups is 1. The van der Waals surface area contributed by atoms with E-state index in [-0.39, 0.29) is 0 Å². The topological polar surface area (TPSA) is 81.3 Å². The van der Waals surface area contributed by atoms with Crippen molar-refractivity contribution in [3.63, 3.8) is 0 Å². The second kappa shape index (κ2) is 10.0. The minimum atomic E-state index is 0.377. The third kappa shape index (κ3) is 4.45. The van der Waals surface area contributed by atoms with Crippen LogP contribution >= 0.6 is 12.2 Å². The van der Waals surface area contributed by atoms with Gasteiger partial charge in [-0.15, -0.1) is 10.2 Å². The van der Waals surface area contributed by atoms with E-state index in [2.05, 4.69) is 52.7 Å². The number of fused-ring (bicyclic) bond motifs is 2. The van der Waals surface area contributed by atoms with Gasteiger partial charge in [-0.05, 0) is 80.1 Å². The second-order valence-corrected chi connectivity index (χ2v) is 9.98. The SMILES string of the molecule is CCN1C(=N)/C(=C\c2cc3oc(N=Nc4ccc5c(c4)CCC5Cc4ccccc4)cc3o2)N(CC)C1=S. The van der Waals surface area contributed by atoms with E-state index in [0.29, 0.717) is 52.8 Å². The van der Waals surface area contributed by atoms with Crippen LogP contribution in [0.5, 0.6) is 0 Å². The number of hydrogen-bond acceptors (Lipinski definition) is 6. The van der Waals surface area contributed by atoms with Crippen LogP contribution in [0.25, 0.3) is 17.2 Å². The van der Waals surface area contributed by atoms with E-state index < -0.39 is 0 Å². The van der Waals surface area contributed by atoms with Crippen LogP contribution in [0.3, 0.4) is 0 Å². The van der Waals surface area contributed by atoms with Crippen molar-refractivity contribution in [3.05, 3.63) is 88.8 Å². The molecule has 1 atom stereocenters. The Labute approximate surface area is 227 Å². The first kappa shape index (κ1) is 24.3. The third-order valence-corrected chi connectivity index (χ3v) is 7.75. The zero-order valence-corrected chi connectivity index (χ0v) is 22.3. The first-order chi connectivity index (χ1) is 18.5. The lowest BCUT2D eigenvalue weighted by atomic mass is 9.93. The highest BCUT2D eigenvalue weighted by Crippen LogP contribution is 2.38. The smallest absolute Gasteiger partial charge is 0.242 e. The summed E-state index contributed by atoms with van der Waals surface area (Å²) in [5.41, 5.74) is 6.87. The van der Waals surface area contributed by atoms with Crippen molar-refractivity contribution in [2.24, 2.45) is 10.2 Å². The average Bonchev–Trinajstić information content (AvgIpc) is 3.65. The maximum Gasteiger partial charge on any atom is 0.242 e. The molecule has 192 valence electrons. The van der Waals surface area contributed by atoms with Crippen LogP contribution in [0.15, 0.2) is 85.4 Å². The van der Waals surface area contributed by atoms with Gasteiger partial charge in [0.15, 0.2) is 22.1 Å². The van der Waals surface area contributed by atoms with Crippen molar-refractivity contribution in [2.45, 2.75) is 39.0 Å². The standard InChI is InChI=1S/C30H29N5O2S/c1-3-34-25(29(31)35(4-2)30(34)38)16-23-17-26-27(36-23)18-28(37-26)33-32-22-12-13-24-20(10-11-21(24)15-22)14-19-8-6-5-7-9-19/h5-9,12-13,15-18,20,31H,3-4,10-11,14H2,1-2H3/b25-16+,31-29?,33-32?. The van der Waals surface area contributed by atoms with Gasteiger partial charge < -0.3 is 18.6 Å². The number of nitrogens with one attached hydrogen (secondary N) is 1. The fourth-order valence-corrected chi connectivity index (χ4v) is 5.87. The van der Waals surface area contributed by atoms with E-state index in [1.807, 2.05) is 37.0 Å². The van der Waals surface area contributed by atoms with Gasteiger partial charge in [0.1, 0.15) is 5.76 Å². The average molecular weight is 524 g/mol. The monoisotopic (exact) mass is 523 g/mol. The Morgan fingerprint density at radius 1 is 0.974 bits per heavy atom. The minimum absolute atomic E-state index is 0.377. The van der Waals surface area contributed by atoms with Gasteiger partial charge in [0.25, 0.3) is 0 Å². The molecule has 3 heterocycles. The summed E-state index contributed by atoms with van der Waals surface area (Å²) < 4.78 is 11.8. The number of benzene rings is 2. The molecule has 0 radical (unpaired) electrons. The Bertz CT molecular complexity index is 1550. The third-order valence-electron chi connectivity index (χ3n) is 7.31. The lowest BCUT2D eigenvalue weighted by Crippen LogP contribution is -2.32. The van der Waals surface area contributed by atoms with Crippen LogP contribution in [0.1, 0.15) is 48.6 Å². The van der Waals surface area contributed by atoms with Crippen LogP contribution in [-0.4, -0.2) is 33.8 Å². The van der Waals surface area contributed by atoms with E-state index in [1.54, 1.807) is 11.0 Å². The first-order valence-corrected chi connectivity index (χ1v) is 13.5. The van der Waals surface area contributed by atoms with Crippen LogP contribution in [0.4, 0.5) is 11.6 Å². The Morgan fingerprint density at radius 2 is 1.76 bits per heavy atom. The summed E-state index contributed by atoms with van der Waals surface area (Å²) in [7, 11) is 0. The molecule has 1 aliphatic heterocycles. The van der Waals surface area contributed by atoms with Gasteiger partial charge in [-0.2, -0.15) is 0 Å². The highest BCUT2D eigenvalue weighted by molar-refractivity contribution is 7.80. The molecule has 0 bridgehead atoms. The molecule has 8 heteroatoms. The zero-order valence-electron chi connectivity index (χ0n) is 21.5. The predicted octanol–water partition coefficient (Wildman–Crippen LogP) is 7.97. The molecule has 1 N–H and O–H groups in total. The fourth-order valence-electron chi connectivity index (χ4n) is 5.42. The minimum Gasteiger partial charge on any atom is -0.453 e. The van der Waals surface area contributed by atoms with E-state index in [1.165, 1.54) is 16.7 Å². The largest absolute Gasteiger partial charge is 0.453 e. The van der Waals surface area contributed by atoms with Gasteiger partial charge in [-0.3, -0.25) is 5.41 Å². The summed E-state index contributed by atoms with van der Waals surface area (Å²) in [6.45, 7) is 5.33. The number of likely N-dealkylation sites (N-methyl/N-ethyl adjacent to an activating group) is 2. The molecule has 2 aliphatic rings. The molecular formula is C30H29N5O2S. The molecule has 38 heavy (non-hydrogen) atoms. The fraction of sp³-hybridized carbons (Fsp3) is 0.267. The number of hydrogen-bond donors (Lipinski definition) is 1. The van der Waals surface area contributed by atoms with Crippen molar-refractivity contribution in [2.75, 3.05) is 13.1 Å². The summed E-state index contributed by atoms with van der Waals surface area (Å²) in [6, 6.07) is 20.6. The number of nitrogens with zero attached hydrogens (tertiary/aromatic N) is 4. The molecule has 0 amide bonds. The van der Waals surface area contributed by atoms with Crippen LogP contribution < -0.4 is 0 Å². The first-order valence-electron chi connectivity index (χ1n) is 13.1. The van der Waals surface area contributed by atoms with Crippen molar-refractivity contribution in [1.29, 1.82) is 5.41 Å². The Kier molecular flexibility index (Phi) is 6.41. The molecule has 7 nitrogen and oxygen atoms in total. The molecule has 1 aliphatic carbocycles. The van der Waals surface area contributed by atoms with E-state index >= 15 is 0 Å². The van der Waals surface area contributed by atoms with Crippen molar-refractivity contribution in [1.82, 2.24) is 9.80 Å². The molecule has 0 saturated carbocycles. The van der Waals surface area contributed by atoms with Crippen LogP contribution in [0, 0.1) is 5.41 Å². The molecule has 6 rings (SSSR count). The lowest BCUT2D eigenvalue weighted by molar-refractivity contribution is 0.545. The molecule has 2 aromatic heterocycles. The molecule has 1 unspecified atom stereocenters. The molecule has 0 spiro atoms. The molecule has 4 aromatic rings. The molecule has 1 saturated heterocycles. The number of rotatable bonds is 7. The Morgan fingerprint density at radius 3 is 2.53 bits per heavy atom. The molecule has 2 aromatic carbocycles. The van der Waals surface area contributed by atoms with E-state index in [4.69, 9.17) is 26.5 Å². The summed E-state index contributed by atoms with van der Waals surface area (Å²) in [5, 5.41) is 17.9. The number of furan rings is 2. The van der Waals surface area contributed by atoms with Gasteiger partial charge in [0.2, 0.25) is 5.88 Å². The quantitative estimate of drug-likeness (QED) is 0.196. The summed E-state index contributed by atoms with van der Waals surface area (Å²) in [5.74, 6) is 1.92. The summed E-state index contributed by atoms with van der Waals surface area (Å²) in [6.07, 6.45) is 5.13. The van der Waals surface area contributed by atoms with Crippen molar-refractivity contribution < 1.29 is 8.83 Å². The Balaban J connectivity index is 1.17. The maximum atomic E-state index is 8.49. The number of thiocarbonyl (C=S) groups is 1. The van der Waals surface area contributed by atoms with Crippen molar-refractivity contribution >= 4 is 52.0 Å². The summed E-state index contributed by atoms with van der Waals surface area (Å²) >= 11 is 5.52. The van der Waals surface area contributed by atoms with Gasteiger partial charge in [0.05, 0.1) is 11.4 Å². The normalized spacial score (nSPS) is 18.6. The molecular weight excluding hydrogens is 494 g/mol. The van der Waals surface area contributed by atoms with Gasteiger partial charge in [0, 0.05) is 31.3 Å². The van der Waals surface area contributed by atoms with E-state index in [0.717, 1.165) is 30.6 Å². The summed E-state index contributed by atoms with van der Waals surface area (Å²) in [4.78, 5) is 3.74. The van der Waals surface area contributed by atoms with Crippen LogP contribution in [0.2, 0.25) is 0 Å². The van der Waals surface area contributed by atoms with Crippen LogP contribution in [-0.2, 0) is 12.8 Å². The number of amidine groups is 1. The lowest BCUT2D eigenvalue weighted by Gasteiger charge is -2.17. The number of aryl methyl sites for hydroxylation is 1. The van der Waals surface area contributed by atoms with Crippen molar-refractivity contribution in [3.8, 4) is 0 Å². The predicted molar refractivity (Wildman–Crippen MR) is 153 cm³/mol. The second-order valence-electron chi connectivity index (χ2n) is 9.62. The highest BCUT2D eigenvalue weighted by Gasteiger charge is 2.33. The zero-order chi connectivity index (χ0) is 26.2.